The van der Waals surface area contributed by atoms with Gasteiger partial charge in [-0.25, -0.2) is 0 Å². The van der Waals surface area contributed by atoms with E-state index in [-0.39, 0.29) is 18.3 Å². The van der Waals surface area contributed by atoms with Crippen LogP contribution >= 0.6 is 0 Å². The van der Waals surface area contributed by atoms with Gasteiger partial charge >= 0.3 is 0 Å². The Bertz CT molecular complexity index is 472. The third-order valence-corrected chi connectivity index (χ3v) is 3.32. The smallest absolute Gasteiger partial charge is 0.292 e. The summed E-state index contributed by atoms with van der Waals surface area (Å²) in [6.45, 7) is 1.93. The normalized spacial score (nSPS) is 16.2. The minimum absolute atomic E-state index is 0.0150. The van der Waals surface area contributed by atoms with Crippen LogP contribution in [-0.2, 0) is 0 Å². The van der Waals surface area contributed by atoms with Crippen molar-refractivity contribution in [2.45, 2.75) is 31.9 Å². The summed E-state index contributed by atoms with van der Waals surface area (Å²) in [5.41, 5.74) is 1.03. The van der Waals surface area contributed by atoms with Crippen LogP contribution in [0.4, 0.5) is 11.4 Å². The van der Waals surface area contributed by atoms with Gasteiger partial charge < -0.3 is 15.1 Å². The summed E-state index contributed by atoms with van der Waals surface area (Å²) in [5.74, 6) is 0. The van der Waals surface area contributed by atoms with E-state index < -0.39 is 11.0 Å². The van der Waals surface area contributed by atoms with E-state index in [2.05, 4.69) is 0 Å². The van der Waals surface area contributed by atoms with Crippen molar-refractivity contribution in [1.29, 1.82) is 0 Å². The van der Waals surface area contributed by atoms with E-state index in [9.17, 15) is 15.2 Å². The van der Waals surface area contributed by atoms with Gasteiger partial charge in [0.1, 0.15) is 5.69 Å². The molecule has 1 aliphatic carbocycles. The first kappa shape index (κ1) is 13.8. The number of benzene rings is 1. The van der Waals surface area contributed by atoms with E-state index in [0.717, 1.165) is 12.8 Å². The van der Waals surface area contributed by atoms with E-state index in [0.29, 0.717) is 17.8 Å². The van der Waals surface area contributed by atoms with Gasteiger partial charge in [0.2, 0.25) is 0 Å². The minimum atomic E-state index is -0.736. The van der Waals surface area contributed by atoms with Gasteiger partial charge in [0.05, 0.1) is 17.6 Å². The second-order valence-corrected chi connectivity index (χ2v) is 4.83. The zero-order chi connectivity index (χ0) is 14.0. The van der Waals surface area contributed by atoms with Crippen LogP contribution in [0.2, 0.25) is 0 Å². The Kier molecular flexibility index (Phi) is 4.01. The molecule has 19 heavy (non-hydrogen) atoms. The Balaban J connectivity index is 2.39. The van der Waals surface area contributed by atoms with Crippen molar-refractivity contribution in [2.75, 3.05) is 18.1 Å². The molecule has 6 nitrogen and oxygen atoms in total. The Morgan fingerprint density at radius 3 is 2.68 bits per heavy atom. The molecule has 1 saturated carbocycles. The number of nitro benzene ring substituents is 1. The molecule has 1 atom stereocenters. The van der Waals surface area contributed by atoms with Crippen molar-refractivity contribution in [2.24, 2.45) is 0 Å². The number of nitro groups is 1. The average molecular weight is 266 g/mol. The molecule has 0 spiro atoms. The summed E-state index contributed by atoms with van der Waals surface area (Å²) >= 11 is 0. The summed E-state index contributed by atoms with van der Waals surface area (Å²) < 4.78 is 0. The fourth-order valence-corrected chi connectivity index (χ4v) is 2.18. The molecule has 0 radical (unpaired) electrons. The van der Waals surface area contributed by atoms with Crippen LogP contribution in [0.25, 0.3) is 0 Å². The molecule has 1 aromatic carbocycles. The van der Waals surface area contributed by atoms with Crippen molar-refractivity contribution < 1.29 is 15.1 Å². The largest absolute Gasteiger partial charge is 0.395 e. The van der Waals surface area contributed by atoms with E-state index in [1.165, 1.54) is 6.07 Å². The third kappa shape index (κ3) is 3.02. The quantitative estimate of drug-likeness (QED) is 0.603. The average Bonchev–Trinajstić information content (AvgIpc) is 3.19. The first-order chi connectivity index (χ1) is 9.04. The number of hydrogen-bond donors (Lipinski definition) is 2. The van der Waals surface area contributed by atoms with Crippen molar-refractivity contribution in [1.82, 2.24) is 0 Å². The molecule has 104 valence electrons. The molecular weight excluding hydrogens is 248 g/mol. The molecule has 2 N–H and O–H groups in total. The Morgan fingerprint density at radius 2 is 2.21 bits per heavy atom. The molecule has 1 fully saturated rings. The molecule has 0 amide bonds. The highest BCUT2D eigenvalue weighted by Gasteiger charge is 2.32. The predicted molar refractivity (Wildman–Crippen MR) is 71.2 cm³/mol. The molecule has 0 bridgehead atoms. The molecule has 0 saturated heterocycles. The highest BCUT2D eigenvalue weighted by Crippen LogP contribution is 2.37. The zero-order valence-corrected chi connectivity index (χ0v) is 10.8. The molecule has 6 heteroatoms. The zero-order valence-electron chi connectivity index (χ0n) is 10.8. The highest BCUT2D eigenvalue weighted by molar-refractivity contribution is 5.65. The minimum Gasteiger partial charge on any atom is -0.395 e. The maximum absolute atomic E-state index is 11.2. The summed E-state index contributed by atoms with van der Waals surface area (Å²) in [4.78, 5) is 12.6. The molecule has 1 aromatic rings. The van der Waals surface area contributed by atoms with Crippen LogP contribution in [0.3, 0.4) is 0 Å². The lowest BCUT2D eigenvalue weighted by molar-refractivity contribution is -0.384. The summed E-state index contributed by atoms with van der Waals surface area (Å²) in [5, 5.41) is 29.8. The summed E-state index contributed by atoms with van der Waals surface area (Å²) in [7, 11) is 0. The lowest BCUT2D eigenvalue weighted by Gasteiger charge is -2.23. The molecule has 0 heterocycles. The molecule has 2 rings (SSSR count). The number of rotatable bonds is 6. The van der Waals surface area contributed by atoms with Crippen LogP contribution in [0.1, 0.15) is 31.4 Å². The van der Waals surface area contributed by atoms with Gasteiger partial charge in [0.15, 0.2) is 0 Å². The third-order valence-electron chi connectivity index (χ3n) is 3.32. The number of nitrogens with zero attached hydrogens (tertiary/aromatic N) is 2. The van der Waals surface area contributed by atoms with E-state index in [1.54, 1.807) is 19.1 Å². The number of hydrogen-bond acceptors (Lipinski definition) is 5. The lowest BCUT2D eigenvalue weighted by atomic mass is 10.1. The fraction of sp³-hybridized carbons (Fsp3) is 0.538. The second-order valence-electron chi connectivity index (χ2n) is 4.83. The van der Waals surface area contributed by atoms with Crippen molar-refractivity contribution >= 4 is 11.4 Å². The van der Waals surface area contributed by atoms with Crippen molar-refractivity contribution in [3.63, 3.8) is 0 Å². The van der Waals surface area contributed by atoms with Gasteiger partial charge in [-0.05, 0) is 31.4 Å². The molecule has 0 aromatic heterocycles. The van der Waals surface area contributed by atoms with E-state index >= 15 is 0 Å². The van der Waals surface area contributed by atoms with Crippen LogP contribution in [0.5, 0.6) is 0 Å². The van der Waals surface area contributed by atoms with Gasteiger partial charge in [-0.1, -0.05) is 6.07 Å². The molecular formula is C13H18N2O4. The maximum Gasteiger partial charge on any atom is 0.292 e. The fourth-order valence-electron chi connectivity index (χ4n) is 2.18. The van der Waals surface area contributed by atoms with Crippen LogP contribution in [0.15, 0.2) is 18.2 Å². The van der Waals surface area contributed by atoms with Crippen LogP contribution in [0, 0.1) is 10.1 Å². The van der Waals surface area contributed by atoms with Crippen LogP contribution in [-0.4, -0.2) is 34.3 Å². The van der Waals surface area contributed by atoms with Gasteiger partial charge in [-0.15, -0.1) is 0 Å². The van der Waals surface area contributed by atoms with Crippen molar-refractivity contribution in [3.05, 3.63) is 33.9 Å². The maximum atomic E-state index is 11.2. The van der Waals surface area contributed by atoms with E-state index in [4.69, 9.17) is 5.11 Å². The summed E-state index contributed by atoms with van der Waals surface area (Å²) in [6, 6.07) is 5.05. The predicted octanol–water partition coefficient (Wildman–Crippen LogP) is 1.61. The standard InChI is InChI=1S/C13H18N2O4/c1-9(17)10-2-5-12(13(8-10)15(18)19)14(6-7-16)11-3-4-11/h2,5,8-9,11,16-17H,3-4,6-7H2,1H3. The van der Waals surface area contributed by atoms with Gasteiger partial charge in [-0.3, -0.25) is 10.1 Å². The SMILES string of the molecule is CC(O)c1ccc(N(CCO)C2CC2)c([N+](=O)[O-])c1. The first-order valence-electron chi connectivity index (χ1n) is 6.38. The Labute approximate surface area is 111 Å². The molecule has 1 unspecified atom stereocenters. The van der Waals surface area contributed by atoms with Gasteiger partial charge in [0.25, 0.3) is 5.69 Å². The second kappa shape index (κ2) is 5.54. The number of anilines is 1. The van der Waals surface area contributed by atoms with Gasteiger partial charge in [0, 0.05) is 18.7 Å². The lowest BCUT2D eigenvalue weighted by Crippen LogP contribution is -2.29. The van der Waals surface area contributed by atoms with Crippen molar-refractivity contribution in [3.8, 4) is 0 Å². The summed E-state index contributed by atoms with van der Waals surface area (Å²) in [6.07, 6.45) is 1.25. The number of aliphatic hydroxyl groups excluding tert-OH is 2. The first-order valence-corrected chi connectivity index (χ1v) is 6.38. The Morgan fingerprint density at radius 1 is 1.53 bits per heavy atom. The van der Waals surface area contributed by atoms with Gasteiger partial charge in [-0.2, -0.15) is 0 Å². The highest BCUT2D eigenvalue weighted by atomic mass is 16.6. The van der Waals surface area contributed by atoms with Crippen LogP contribution < -0.4 is 4.90 Å². The van der Waals surface area contributed by atoms with E-state index in [1.807, 2.05) is 4.90 Å². The molecule has 0 aliphatic heterocycles. The molecule has 1 aliphatic rings. The Hall–Kier alpha value is -1.66. The monoisotopic (exact) mass is 266 g/mol. The number of aliphatic hydroxyl groups is 2. The topological polar surface area (TPSA) is 86.8 Å².